The van der Waals surface area contributed by atoms with Crippen molar-refractivity contribution in [3.8, 4) is 11.1 Å². The molecule has 0 N–H and O–H groups in total. The van der Waals surface area contributed by atoms with E-state index < -0.39 is 0 Å². The summed E-state index contributed by atoms with van der Waals surface area (Å²) in [7, 11) is 0. The zero-order valence-electron chi connectivity index (χ0n) is 15.7. The van der Waals surface area contributed by atoms with E-state index in [1.807, 2.05) is 42.3 Å². The third-order valence-electron chi connectivity index (χ3n) is 5.13. The van der Waals surface area contributed by atoms with Crippen LogP contribution in [0.1, 0.15) is 40.6 Å². The van der Waals surface area contributed by atoms with Crippen LogP contribution >= 0.6 is 11.6 Å². The van der Waals surface area contributed by atoms with Crippen LogP contribution in [0.3, 0.4) is 0 Å². The topological polar surface area (TPSA) is 59.0 Å². The Labute approximate surface area is 169 Å². The minimum atomic E-state index is -0.0217. The van der Waals surface area contributed by atoms with Gasteiger partial charge < -0.3 is 4.90 Å². The number of aromatic nitrogens is 3. The minimum Gasteiger partial charge on any atom is -0.338 e. The summed E-state index contributed by atoms with van der Waals surface area (Å²) >= 11 is 6.24. The van der Waals surface area contributed by atoms with Crippen molar-refractivity contribution in [2.75, 3.05) is 13.1 Å². The number of carbonyl (C=O) groups excluding carboxylic acids is 1. The van der Waals surface area contributed by atoms with Crippen molar-refractivity contribution < 1.29 is 4.79 Å². The molecule has 1 atom stereocenters. The van der Waals surface area contributed by atoms with E-state index in [1.54, 1.807) is 24.5 Å². The van der Waals surface area contributed by atoms with Crippen LogP contribution in [-0.2, 0) is 0 Å². The molecule has 2 aromatic heterocycles. The average Bonchev–Trinajstić information content (AvgIpc) is 2.74. The molecule has 6 heteroatoms. The molecule has 1 fully saturated rings. The van der Waals surface area contributed by atoms with E-state index in [4.69, 9.17) is 16.6 Å². The molecule has 5 nitrogen and oxygen atoms in total. The molecule has 1 aliphatic heterocycles. The molecule has 1 saturated heterocycles. The zero-order chi connectivity index (χ0) is 19.5. The fourth-order valence-electron chi connectivity index (χ4n) is 3.74. The Balaban J connectivity index is 1.65. The average molecular weight is 393 g/mol. The molecule has 3 heterocycles. The maximum absolute atomic E-state index is 13.0. The van der Waals surface area contributed by atoms with Crippen LogP contribution in [0.15, 0.2) is 55.0 Å². The molecular formula is C22H21ClN4O. The largest absolute Gasteiger partial charge is 0.338 e. The Morgan fingerprint density at radius 3 is 2.75 bits per heavy atom. The third kappa shape index (κ3) is 3.76. The monoisotopic (exact) mass is 392 g/mol. The van der Waals surface area contributed by atoms with Crippen LogP contribution in [0.4, 0.5) is 0 Å². The fourth-order valence-corrected chi connectivity index (χ4v) is 3.96. The van der Waals surface area contributed by atoms with Crippen LogP contribution in [0, 0.1) is 6.92 Å². The van der Waals surface area contributed by atoms with Crippen molar-refractivity contribution in [3.63, 3.8) is 0 Å². The summed E-state index contributed by atoms with van der Waals surface area (Å²) in [6.45, 7) is 3.25. The third-order valence-corrected chi connectivity index (χ3v) is 5.46. The number of likely N-dealkylation sites (tertiary alicyclic amines) is 1. The van der Waals surface area contributed by atoms with Crippen LogP contribution in [0.5, 0.6) is 0 Å². The molecule has 1 aromatic carbocycles. The Hall–Kier alpha value is -2.79. The molecule has 0 saturated carbocycles. The van der Waals surface area contributed by atoms with E-state index >= 15 is 0 Å². The first-order chi connectivity index (χ1) is 13.6. The number of rotatable bonds is 3. The van der Waals surface area contributed by atoms with Crippen molar-refractivity contribution >= 4 is 17.5 Å². The van der Waals surface area contributed by atoms with E-state index in [2.05, 4.69) is 9.97 Å². The molecular weight excluding hydrogens is 372 g/mol. The quantitative estimate of drug-likeness (QED) is 0.657. The van der Waals surface area contributed by atoms with Gasteiger partial charge in [-0.15, -0.1) is 0 Å². The Kier molecular flexibility index (Phi) is 5.35. The molecule has 4 rings (SSSR count). The van der Waals surface area contributed by atoms with Gasteiger partial charge in [0.25, 0.3) is 5.91 Å². The second-order valence-corrected chi connectivity index (χ2v) is 7.43. The highest BCUT2D eigenvalue weighted by Gasteiger charge is 2.29. The van der Waals surface area contributed by atoms with Gasteiger partial charge in [0.05, 0.1) is 16.3 Å². The number of aryl methyl sites for hydroxylation is 1. The number of piperidine rings is 1. The van der Waals surface area contributed by atoms with E-state index in [1.165, 1.54) is 0 Å². The van der Waals surface area contributed by atoms with Gasteiger partial charge in [-0.05, 0) is 49.6 Å². The second-order valence-electron chi connectivity index (χ2n) is 7.02. The van der Waals surface area contributed by atoms with Gasteiger partial charge in [0.2, 0.25) is 0 Å². The smallest absolute Gasteiger partial charge is 0.255 e. The molecule has 142 valence electrons. The lowest BCUT2D eigenvalue weighted by Gasteiger charge is -2.33. The molecule has 28 heavy (non-hydrogen) atoms. The molecule has 1 amide bonds. The number of halogens is 1. The summed E-state index contributed by atoms with van der Waals surface area (Å²) in [5, 5.41) is 0.491. The van der Waals surface area contributed by atoms with Gasteiger partial charge in [-0.1, -0.05) is 23.7 Å². The predicted octanol–water partition coefficient (Wildman–Crippen LogP) is 4.52. The number of hydrogen-bond acceptors (Lipinski definition) is 4. The summed E-state index contributed by atoms with van der Waals surface area (Å²) in [4.78, 5) is 28.2. The van der Waals surface area contributed by atoms with E-state index in [0.29, 0.717) is 17.1 Å². The maximum Gasteiger partial charge on any atom is 0.255 e. The molecule has 1 aliphatic rings. The van der Waals surface area contributed by atoms with E-state index in [-0.39, 0.29) is 11.8 Å². The van der Waals surface area contributed by atoms with Gasteiger partial charge in [0.15, 0.2) is 0 Å². The fraction of sp³-hybridized carbons (Fsp3) is 0.273. The number of pyridine rings is 1. The van der Waals surface area contributed by atoms with Crippen molar-refractivity contribution in [2.45, 2.75) is 25.7 Å². The lowest BCUT2D eigenvalue weighted by molar-refractivity contribution is 0.0706. The molecule has 3 aromatic rings. The van der Waals surface area contributed by atoms with Gasteiger partial charge in [0, 0.05) is 43.2 Å². The van der Waals surface area contributed by atoms with Gasteiger partial charge in [-0.25, -0.2) is 9.97 Å². The molecule has 0 unspecified atom stereocenters. The Morgan fingerprint density at radius 1 is 1.18 bits per heavy atom. The summed E-state index contributed by atoms with van der Waals surface area (Å²) in [5.74, 6) is 0.874. The lowest BCUT2D eigenvalue weighted by Crippen LogP contribution is -2.39. The van der Waals surface area contributed by atoms with E-state index in [9.17, 15) is 4.79 Å². The number of nitrogens with zero attached hydrogens (tertiary/aromatic N) is 4. The SMILES string of the molecule is Cc1ncc(-c2ccncc2)c([C@H]2CCCN(C(=O)c3ccccc3Cl)C2)n1. The number of hydrogen-bond donors (Lipinski definition) is 0. The number of benzene rings is 1. The first-order valence-corrected chi connectivity index (χ1v) is 9.79. The van der Waals surface area contributed by atoms with Gasteiger partial charge >= 0.3 is 0 Å². The number of carbonyl (C=O) groups is 1. The minimum absolute atomic E-state index is 0.0217. The van der Waals surface area contributed by atoms with Crippen LogP contribution in [0.25, 0.3) is 11.1 Å². The molecule has 0 aliphatic carbocycles. The van der Waals surface area contributed by atoms with Crippen molar-refractivity contribution in [2.24, 2.45) is 0 Å². The maximum atomic E-state index is 13.0. The van der Waals surface area contributed by atoms with Gasteiger partial charge in [0.1, 0.15) is 5.82 Å². The second kappa shape index (κ2) is 8.07. The summed E-state index contributed by atoms with van der Waals surface area (Å²) in [6.07, 6.45) is 7.34. The first kappa shape index (κ1) is 18.6. The van der Waals surface area contributed by atoms with Crippen molar-refractivity contribution in [3.05, 3.63) is 77.1 Å². The molecule has 0 radical (unpaired) electrons. The molecule has 0 spiro atoms. The summed E-state index contributed by atoms with van der Waals surface area (Å²) < 4.78 is 0. The standard InChI is InChI=1S/C22H21ClN4O/c1-15-25-13-19(16-8-10-24-11-9-16)21(26-15)17-5-4-12-27(14-17)22(28)18-6-2-3-7-20(18)23/h2-3,6-11,13,17H,4-5,12,14H2,1H3/t17-/m0/s1. The van der Waals surface area contributed by atoms with Crippen molar-refractivity contribution in [1.82, 2.24) is 19.9 Å². The predicted molar refractivity (Wildman–Crippen MR) is 109 cm³/mol. The van der Waals surface area contributed by atoms with Crippen LogP contribution < -0.4 is 0 Å². The van der Waals surface area contributed by atoms with E-state index in [0.717, 1.165) is 42.0 Å². The lowest BCUT2D eigenvalue weighted by atomic mass is 9.89. The van der Waals surface area contributed by atoms with Crippen LogP contribution in [-0.4, -0.2) is 38.8 Å². The first-order valence-electron chi connectivity index (χ1n) is 9.41. The highest BCUT2D eigenvalue weighted by atomic mass is 35.5. The Bertz CT molecular complexity index is 993. The molecule has 0 bridgehead atoms. The summed E-state index contributed by atoms with van der Waals surface area (Å²) in [6, 6.07) is 11.1. The zero-order valence-corrected chi connectivity index (χ0v) is 16.4. The Morgan fingerprint density at radius 2 is 1.96 bits per heavy atom. The number of amides is 1. The van der Waals surface area contributed by atoms with Crippen LogP contribution in [0.2, 0.25) is 5.02 Å². The van der Waals surface area contributed by atoms with Crippen molar-refractivity contribution in [1.29, 1.82) is 0 Å². The van der Waals surface area contributed by atoms with Gasteiger partial charge in [-0.2, -0.15) is 0 Å². The normalized spacial score (nSPS) is 16.8. The highest BCUT2D eigenvalue weighted by molar-refractivity contribution is 6.33. The highest BCUT2D eigenvalue weighted by Crippen LogP contribution is 2.33. The van der Waals surface area contributed by atoms with Gasteiger partial charge in [-0.3, -0.25) is 9.78 Å². The summed E-state index contributed by atoms with van der Waals surface area (Å²) in [5.41, 5.74) is 3.60.